The van der Waals surface area contributed by atoms with E-state index in [9.17, 15) is 0 Å². The Morgan fingerprint density at radius 2 is 2.00 bits per heavy atom. The van der Waals surface area contributed by atoms with Crippen LogP contribution >= 0.6 is 0 Å². The molecule has 1 fully saturated rings. The van der Waals surface area contributed by atoms with Crippen LogP contribution in [0.3, 0.4) is 0 Å². The quantitative estimate of drug-likeness (QED) is 0.568. The van der Waals surface area contributed by atoms with Crippen LogP contribution in [-0.4, -0.2) is 24.5 Å². The van der Waals surface area contributed by atoms with Crippen LogP contribution in [0.5, 0.6) is 0 Å². The van der Waals surface area contributed by atoms with Gasteiger partial charge in [0.2, 0.25) is 0 Å². The fraction of sp³-hybridized carbons (Fsp3) is 1.00. The van der Waals surface area contributed by atoms with Crippen LogP contribution in [0.15, 0.2) is 0 Å². The van der Waals surface area contributed by atoms with Crippen LogP contribution in [0, 0.1) is 11.8 Å². The van der Waals surface area contributed by atoms with E-state index in [0.717, 1.165) is 11.8 Å². The summed E-state index contributed by atoms with van der Waals surface area (Å²) in [5.74, 6) is 1.91. The Balaban J connectivity index is 2.36. The molecule has 1 aliphatic rings. The van der Waals surface area contributed by atoms with Gasteiger partial charge in [0.15, 0.2) is 0 Å². The smallest absolute Gasteiger partial charge is 0.00126 e. The summed E-state index contributed by atoms with van der Waals surface area (Å²) < 4.78 is 0. The van der Waals surface area contributed by atoms with Crippen LogP contribution < -0.4 is 0 Å². The molecule has 0 bridgehead atoms. The van der Waals surface area contributed by atoms with Gasteiger partial charge in [-0.25, -0.2) is 0 Å². The van der Waals surface area contributed by atoms with Crippen LogP contribution in [-0.2, 0) is 0 Å². The normalized spacial score (nSPS) is 35.1. The van der Waals surface area contributed by atoms with E-state index >= 15 is 0 Å². The van der Waals surface area contributed by atoms with E-state index in [4.69, 9.17) is 0 Å². The summed E-state index contributed by atoms with van der Waals surface area (Å²) in [6.07, 6.45) is 1.36. The SMILES string of the molecule is CC[C@@H]1CN(CC)C[C@H]1C. The number of nitrogens with zero attached hydrogens (tertiary/aromatic N) is 1. The highest BCUT2D eigenvalue weighted by Crippen LogP contribution is 2.24. The molecule has 0 aromatic heterocycles. The van der Waals surface area contributed by atoms with Gasteiger partial charge in [0.25, 0.3) is 0 Å². The molecule has 0 aromatic carbocycles. The van der Waals surface area contributed by atoms with Crippen molar-refractivity contribution in [3.63, 3.8) is 0 Å². The van der Waals surface area contributed by atoms with E-state index in [2.05, 4.69) is 25.7 Å². The van der Waals surface area contributed by atoms with Crippen molar-refractivity contribution in [3.8, 4) is 0 Å². The molecule has 0 aliphatic carbocycles. The standard InChI is InChI=1S/C9H19N/c1-4-9-7-10(5-2)6-8(9)3/h8-9H,4-7H2,1-3H3/t8-,9-/m1/s1. The molecule has 1 heterocycles. The summed E-state index contributed by atoms with van der Waals surface area (Å²) in [6.45, 7) is 10.8. The molecule has 1 saturated heterocycles. The number of rotatable bonds is 2. The van der Waals surface area contributed by atoms with Crippen molar-refractivity contribution in [3.05, 3.63) is 0 Å². The monoisotopic (exact) mass is 141 g/mol. The molecular weight excluding hydrogens is 122 g/mol. The third kappa shape index (κ3) is 1.51. The molecular formula is C9H19N. The molecule has 60 valence electrons. The fourth-order valence-corrected chi connectivity index (χ4v) is 1.93. The van der Waals surface area contributed by atoms with Gasteiger partial charge in [-0.1, -0.05) is 27.2 Å². The fourth-order valence-electron chi connectivity index (χ4n) is 1.93. The average molecular weight is 141 g/mol. The van der Waals surface area contributed by atoms with Crippen molar-refractivity contribution in [2.24, 2.45) is 11.8 Å². The van der Waals surface area contributed by atoms with Crippen molar-refractivity contribution in [1.29, 1.82) is 0 Å². The van der Waals surface area contributed by atoms with Gasteiger partial charge in [-0.3, -0.25) is 0 Å². The highest BCUT2D eigenvalue weighted by atomic mass is 15.1. The first-order valence-electron chi connectivity index (χ1n) is 4.50. The zero-order valence-corrected chi connectivity index (χ0v) is 7.43. The summed E-state index contributed by atoms with van der Waals surface area (Å²) in [4.78, 5) is 2.55. The second kappa shape index (κ2) is 3.38. The van der Waals surface area contributed by atoms with Crippen molar-refractivity contribution < 1.29 is 0 Å². The van der Waals surface area contributed by atoms with E-state index in [1.54, 1.807) is 0 Å². The summed E-state index contributed by atoms with van der Waals surface area (Å²) in [5.41, 5.74) is 0. The van der Waals surface area contributed by atoms with Crippen LogP contribution in [0.2, 0.25) is 0 Å². The third-order valence-corrected chi connectivity index (χ3v) is 2.82. The van der Waals surface area contributed by atoms with E-state index in [-0.39, 0.29) is 0 Å². The van der Waals surface area contributed by atoms with E-state index in [1.807, 2.05) is 0 Å². The Morgan fingerprint density at radius 1 is 1.30 bits per heavy atom. The molecule has 1 heteroatoms. The second-order valence-corrected chi connectivity index (χ2v) is 3.50. The molecule has 0 radical (unpaired) electrons. The predicted octanol–water partition coefficient (Wildman–Crippen LogP) is 1.98. The first-order chi connectivity index (χ1) is 4.77. The topological polar surface area (TPSA) is 3.24 Å². The maximum Gasteiger partial charge on any atom is 0.00126 e. The Morgan fingerprint density at radius 3 is 2.30 bits per heavy atom. The highest BCUT2D eigenvalue weighted by molar-refractivity contribution is 4.79. The molecule has 0 saturated carbocycles. The summed E-state index contributed by atoms with van der Waals surface area (Å²) in [6, 6.07) is 0. The number of hydrogen-bond donors (Lipinski definition) is 0. The molecule has 0 spiro atoms. The maximum absolute atomic E-state index is 2.55. The number of likely N-dealkylation sites (tertiary alicyclic amines) is 1. The van der Waals surface area contributed by atoms with Gasteiger partial charge in [0, 0.05) is 13.1 Å². The Hall–Kier alpha value is -0.0400. The zero-order chi connectivity index (χ0) is 7.56. The molecule has 2 atom stereocenters. The van der Waals surface area contributed by atoms with Crippen LogP contribution in [0.25, 0.3) is 0 Å². The largest absolute Gasteiger partial charge is 0.303 e. The van der Waals surface area contributed by atoms with Crippen LogP contribution in [0.4, 0.5) is 0 Å². The van der Waals surface area contributed by atoms with Crippen molar-refractivity contribution in [2.45, 2.75) is 27.2 Å². The minimum absolute atomic E-state index is 0.935. The van der Waals surface area contributed by atoms with Gasteiger partial charge in [0.05, 0.1) is 0 Å². The molecule has 0 N–H and O–H groups in total. The molecule has 1 rings (SSSR count). The zero-order valence-electron chi connectivity index (χ0n) is 7.43. The molecule has 0 amide bonds. The third-order valence-electron chi connectivity index (χ3n) is 2.82. The van der Waals surface area contributed by atoms with E-state index in [1.165, 1.54) is 26.1 Å². The maximum atomic E-state index is 2.55. The summed E-state index contributed by atoms with van der Waals surface area (Å²) in [5, 5.41) is 0. The molecule has 1 aliphatic heterocycles. The lowest BCUT2D eigenvalue weighted by Gasteiger charge is -2.11. The molecule has 0 aromatic rings. The predicted molar refractivity (Wildman–Crippen MR) is 45.1 cm³/mol. The minimum Gasteiger partial charge on any atom is -0.303 e. The average Bonchev–Trinajstić information content (AvgIpc) is 2.30. The van der Waals surface area contributed by atoms with Crippen molar-refractivity contribution in [2.75, 3.05) is 19.6 Å². The highest BCUT2D eigenvalue weighted by Gasteiger charge is 2.26. The van der Waals surface area contributed by atoms with E-state index < -0.39 is 0 Å². The lowest BCUT2D eigenvalue weighted by Crippen LogP contribution is -2.19. The lowest BCUT2D eigenvalue weighted by atomic mass is 9.96. The second-order valence-electron chi connectivity index (χ2n) is 3.50. The molecule has 1 nitrogen and oxygen atoms in total. The van der Waals surface area contributed by atoms with Gasteiger partial charge >= 0.3 is 0 Å². The van der Waals surface area contributed by atoms with Gasteiger partial charge in [-0.05, 0) is 18.4 Å². The first kappa shape index (κ1) is 8.06. The minimum atomic E-state index is 0.935. The van der Waals surface area contributed by atoms with Gasteiger partial charge in [0.1, 0.15) is 0 Å². The Labute approximate surface area is 64.4 Å². The van der Waals surface area contributed by atoms with Gasteiger partial charge < -0.3 is 4.90 Å². The number of hydrogen-bond acceptors (Lipinski definition) is 1. The van der Waals surface area contributed by atoms with Crippen LogP contribution in [0.1, 0.15) is 27.2 Å². The molecule has 10 heavy (non-hydrogen) atoms. The first-order valence-corrected chi connectivity index (χ1v) is 4.50. The summed E-state index contributed by atoms with van der Waals surface area (Å²) in [7, 11) is 0. The summed E-state index contributed by atoms with van der Waals surface area (Å²) >= 11 is 0. The van der Waals surface area contributed by atoms with Gasteiger partial charge in [-0.2, -0.15) is 0 Å². The lowest BCUT2D eigenvalue weighted by molar-refractivity contribution is 0.339. The Bertz CT molecular complexity index is 101. The van der Waals surface area contributed by atoms with Crippen molar-refractivity contribution in [1.82, 2.24) is 4.90 Å². The van der Waals surface area contributed by atoms with Gasteiger partial charge in [-0.15, -0.1) is 0 Å². The Kier molecular flexibility index (Phi) is 2.72. The van der Waals surface area contributed by atoms with E-state index in [0.29, 0.717) is 0 Å². The molecule has 0 unspecified atom stereocenters. The van der Waals surface area contributed by atoms with Crippen molar-refractivity contribution >= 4 is 0 Å².